The monoisotopic (exact) mass is 212 g/mol. The number of unbranched alkanes of at least 4 members (excludes halogenated alkanes) is 2. The zero-order valence-electron chi connectivity index (χ0n) is 10.8. The lowest BCUT2D eigenvalue weighted by Crippen LogP contribution is -2.40. The van der Waals surface area contributed by atoms with E-state index in [1.54, 1.807) is 0 Å². The van der Waals surface area contributed by atoms with Crippen molar-refractivity contribution < 1.29 is 0 Å². The van der Waals surface area contributed by atoms with Gasteiger partial charge >= 0.3 is 0 Å². The molecule has 0 aromatic rings. The van der Waals surface area contributed by atoms with E-state index in [1.807, 2.05) is 7.05 Å². The zero-order chi connectivity index (χ0) is 11.1. The van der Waals surface area contributed by atoms with Crippen LogP contribution in [0.4, 0.5) is 0 Å². The molecule has 2 heteroatoms. The van der Waals surface area contributed by atoms with Crippen LogP contribution in [-0.4, -0.2) is 37.6 Å². The molecular formula is C13H28N2. The Morgan fingerprint density at radius 3 is 2.67 bits per heavy atom. The molecule has 1 saturated heterocycles. The lowest BCUT2D eigenvalue weighted by Gasteiger charge is -2.36. The second kappa shape index (κ2) is 7.24. The minimum atomic E-state index is 0.818. The number of piperidine rings is 1. The summed E-state index contributed by atoms with van der Waals surface area (Å²) in [5.74, 6) is 0.945. The summed E-state index contributed by atoms with van der Waals surface area (Å²) in [5.41, 5.74) is 0. The number of hydrogen-bond acceptors (Lipinski definition) is 2. The maximum atomic E-state index is 3.21. The molecule has 0 aromatic carbocycles. The third kappa shape index (κ3) is 4.98. The fourth-order valence-electron chi connectivity index (χ4n) is 2.58. The van der Waals surface area contributed by atoms with Crippen molar-refractivity contribution in [2.75, 3.05) is 26.7 Å². The maximum absolute atomic E-state index is 3.21. The van der Waals surface area contributed by atoms with Crippen LogP contribution >= 0.6 is 0 Å². The molecule has 0 radical (unpaired) electrons. The predicted molar refractivity (Wildman–Crippen MR) is 67.2 cm³/mol. The Morgan fingerprint density at radius 1 is 1.20 bits per heavy atom. The second-order valence-electron chi connectivity index (χ2n) is 5.18. The van der Waals surface area contributed by atoms with Crippen molar-refractivity contribution in [1.29, 1.82) is 0 Å². The molecule has 0 amide bonds. The van der Waals surface area contributed by atoms with Gasteiger partial charge in [-0.15, -0.1) is 0 Å². The molecule has 1 fully saturated rings. The van der Waals surface area contributed by atoms with Crippen molar-refractivity contribution in [2.24, 2.45) is 5.92 Å². The average molecular weight is 212 g/mol. The Hall–Kier alpha value is -0.0800. The largest absolute Gasteiger partial charge is 0.320 e. The topological polar surface area (TPSA) is 15.3 Å². The second-order valence-corrected chi connectivity index (χ2v) is 5.18. The first kappa shape index (κ1) is 13.0. The van der Waals surface area contributed by atoms with Crippen LogP contribution in [0.5, 0.6) is 0 Å². The van der Waals surface area contributed by atoms with Gasteiger partial charge < -0.3 is 10.2 Å². The molecule has 1 rings (SSSR count). The van der Waals surface area contributed by atoms with E-state index in [4.69, 9.17) is 0 Å². The summed E-state index contributed by atoms with van der Waals surface area (Å²) in [5, 5.41) is 3.21. The van der Waals surface area contributed by atoms with Crippen LogP contribution < -0.4 is 5.32 Å². The Labute approximate surface area is 95.4 Å². The highest BCUT2D eigenvalue weighted by Crippen LogP contribution is 2.22. The van der Waals surface area contributed by atoms with Gasteiger partial charge in [0.05, 0.1) is 0 Å². The van der Waals surface area contributed by atoms with Gasteiger partial charge in [-0.25, -0.2) is 0 Å². The van der Waals surface area contributed by atoms with Crippen molar-refractivity contribution in [3.05, 3.63) is 0 Å². The van der Waals surface area contributed by atoms with Crippen molar-refractivity contribution in [3.8, 4) is 0 Å². The Morgan fingerprint density at radius 2 is 2.00 bits per heavy atom. The van der Waals surface area contributed by atoms with Crippen LogP contribution in [0.3, 0.4) is 0 Å². The maximum Gasteiger partial charge on any atom is 0.00694 e. The number of hydrogen-bond donors (Lipinski definition) is 1. The summed E-state index contributed by atoms with van der Waals surface area (Å²) in [6, 6.07) is 0.818. The summed E-state index contributed by atoms with van der Waals surface area (Å²) in [6.45, 7) is 8.60. The minimum Gasteiger partial charge on any atom is -0.320 e. The SMILES string of the molecule is CNCCCCCN1CCC(C)CC1C. The lowest BCUT2D eigenvalue weighted by molar-refractivity contribution is 0.127. The number of likely N-dealkylation sites (tertiary alicyclic amines) is 1. The fourth-order valence-corrected chi connectivity index (χ4v) is 2.58. The van der Waals surface area contributed by atoms with Gasteiger partial charge in [-0.1, -0.05) is 13.3 Å². The predicted octanol–water partition coefficient (Wildman–Crippen LogP) is 2.50. The highest BCUT2D eigenvalue weighted by Gasteiger charge is 2.21. The molecule has 2 nitrogen and oxygen atoms in total. The smallest absolute Gasteiger partial charge is 0.00694 e. The van der Waals surface area contributed by atoms with Gasteiger partial charge in [0.25, 0.3) is 0 Å². The standard InChI is InChI=1S/C13H28N2/c1-12-7-10-15(13(2)11-12)9-6-4-5-8-14-3/h12-14H,4-11H2,1-3H3. The summed E-state index contributed by atoms with van der Waals surface area (Å²) >= 11 is 0. The van der Waals surface area contributed by atoms with E-state index in [0.29, 0.717) is 0 Å². The molecule has 2 atom stereocenters. The lowest BCUT2D eigenvalue weighted by atomic mass is 9.93. The molecule has 90 valence electrons. The van der Waals surface area contributed by atoms with Crippen LogP contribution in [0.1, 0.15) is 46.0 Å². The van der Waals surface area contributed by atoms with Gasteiger partial charge in [-0.2, -0.15) is 0 Å². The van der Waals surface area contributed by atoms with Gasteiger partial charge in [-0.05, 0) is 65.2 Å². The van der Waals surface area contributed by atoms with E-state index in [0.717, 1.165) is 12.0 Å². The molecule has 1 aliphatic rings. The zero-order valence-corrected chi connectivity index (χ0v) is 10.8. The summed E-state index contributed by atoms with van der Waals surface area (Å²) in [4.78, 5) is 2.68. The molecule has 0 spiro atoms. The van der Waals surface area contributed by atoms with E-state index in [9.17, 15) is 0 Å². The van der Waals surface area contributed by atoms with Gasteiger partial charge in [0.15, 0.2) is 0 Å². The summed E-state index contributed by atoms with van der Waals surface area (Å²) < 4.78 is 0. The highest BCUT2D eigenvalue weighted by molar-refractivity contribution is 4.76. The van der Waals surface area contributed by atoms with Crippen LogP contribution in [0.2, 0.25) is 0 Å². The number of nitrogens with zero attached hydrogens (tertiary/aromatic N) is 1. The molecule has 15 heavy (non-hydrogen) atoms. The Balaban J connectivity index is 2.05. The summed E-state index contributed by atoms with van der Waals surface area (Å²) in [6.07, 6.45) is 6.88. The van der Waals surface area contributed by atoms with E-state index >= 15 is 0 Å². The van der Waals surface area contributed by atoms with Crippen LogP contribution in [0.15, 0.2) is 0 Å². The quantitative estimate of drug-likeness (QED) is 0.681. The van der Waals surface area contributed by atoms with Gasteiger partial charge in [0.1, 0.15) is 0 Å². The van der Waals surface area contributed by atoms with E-state index in [-0.39, 0.29) is 0 Å². The Kier molecular flexibility index (Phi) is 6.26. The van der Waals surface area contributed by atoms with Gasteiger partial charge in [-0.3, -0.25) is 0 Å². The highest BCUT2D eigenvalue weighted by atomic mass is 15.2. The normalized spacial score (nSPS) is 28.2. The molecule has 0 aromatic heterocycles. The molecule has 0 saturated carbocycles. The molecule has 1 heterocycles. The van der Waals surface area contributed by atoms with Crippen LogP contribution in [0.25, 0.3) is 0 Å². The number of rotatable bonds is 6. The molecule has 1 N–H and O–H groups in total. The van der Waals surface area contributed by atoms with E-state index < -0.39 is 0 Å². The van der Waals surface area contributed by atoms with Crippen LogP contribution in [0, 0.1) is 5.92 Å². The third-order valence-corrected chi connectivity index (χ3v) is 3.65. The molecular weight excluding hydrogens is 184 g/mol. The van der Waals surface area contributed by atoms with Crippen molar-refractivity contribution in [1.82, 2.24) is 10.2 Å². The van der Waals surface area contributed by atoms with Crippen molar-refractivity contribution in [2.45, 2.75) is 52.0 Å². The van der Waals surface area contributed by atoms with Crippen molar-refractivity contribution >= 4 is 0 Å². The first-order valence-electron chi connectivity index (χ1n) is 6.62. The summed E-state index contributed by atoms with van der Waals surface area (Å²) in [7, 11) is 2.04. The van der Waals surface area contributed by atoms with Crippen molar-refractivity contribution in [3.63, 3.8) is 0 Å². The fraction of sp³-hybridized carbons (Fsp3) is 1.00. The molecule has 2 unspecified atom stereocenters. The van der Waals surface area contributed by atoms with E-state index in [1.165, 1.54) is 51.7 Å². The first-order chi connectivity index (χ1) is 7.24. The minimum absolute atomic E-state index is 0.818. The average Bonchev–Trinajstić information content (AvgIpc) is 2.20. The number of nitrogens with one attached hydrogen (secondary N) is 1. The van der Waals surface area contributed by atoms with Gasteiger partial charge in [0.2, 0.25) is 0 Å². The first-order valence-corrected chi connectivity index (χ1v) is 6.62. The Bertz CT molecular complexity index is 159. The molecule has 0 aliphatic carbocycles. The van der Waals surface area contributed by atoms with Crippen LogP contribution in [-0.2, 0) is 0 Å². The molecule has 1 aliphatic heterocycles. The van der Waals surface area contributed by atoms with E-state index in [2.05, 4.69) is 24.1 Å². The third-order valence-electron chi connectivity index (χ3n) is 3.65. The van der Waals surface area contributed by atoms with Gasteiger partial charge in [0, 0.05) is 6.04 Å². The molecule has 0 bridgehead atoms.